The first-order valence-electron chi connectivity index (χ1n) is 10.7. The number of phosphoric ester groups is 1. The third-order valence-electron chi connectivity index (χ3n) is 4.84. The van der Waals surface area contributed by atoms with Gasteiger partial charge in [0.2, 0.25) is 0 Å². The molecule has 8 heteroatoms. The predicted molar refractivity (Wildman–Crippen MR) is 136 cm³/mol. The third-order valence-corrected chi connectivity index (χ3v) is 6.10. The van der Waals surface area contributed by atoms with Gasteiger partial charge in [0.1, 0.15) is 0 Å². The van der Waals surface area contributed by atoms with Crippen molar-refractivity contribution in [2.24, 2.45) is 0 Å². The van der Waals surface area contributed by atoms with Crippen LogP contribution in [-0.2, 0) is 23.8 Å². The van der Waals surface area contributed by atoms with Gasteiger partial charge in [-0.1, -0.05) is 36.4 Å². The van der Waals surface area contributed by atoms with Gasteiger partial charge in [-0.25, -0.2) is 0 Å². The van der Waals surface area contributed by atoms with E-state index in [1.54, 1.807) is 36.4 Å². The van der Waals surface area contributed by atoms with E-state index in [0.29, 0.717) is 19.3 Å². The first-order chi connectivity index (χ1) is 16.8. The number of allylic oxidation sites excluding steroid dienone is 3. The van der Waals surface area contributed by atoms with Crippen LogP contribution in [0, 0.1) is 0 Å². The molecule has 0 unspecified atom stereocenters. The Kier molecular flexibility index (Phi) is 8.29. The SMILES string of the molecule is C=CCc1ccc(OP(=O)(Oc2ccc(CC=C)cc2O)Oc2ccc(CC=C)cc2O)c(O)c1. The Morgan fingerprint density at radius 2 is 0.886 bits per heavy atom. The summed E-state index contributed by atoms with van der Waals surface area (Å²) in [5.74, 6) is -1.42. The van der Waals surface area contributed by atoms with Crippen LogP contribution in [0.4, 0.5) is 0 Å². The van der Waals surface area contributed by atoms with Crippen molar-refractivity contribution in [1.82, 2.24) is 0 Å². The average molecular weight is 494 g/mol. The van der Waals surface area contributed by atoms with Crippen molar-refractivity contribution in [2.45, 2.75) is 19.3 Å². The summed E-state index contributed by atoms with van der Waals surface area (Å²) in [6.07, 6.45) is 6.54. The number of hydrogen-bond donors (Lipinski definition) is 3. The van der Waals surface area contributed by atoms with Gasteiger partial charge < -0.3 is 28.9 Å². The van der Waals surface area contributed by atoms with Crippen LogP contribution in [-0.4, -0.2) is 15.3 Å². The quantitative estimate of drug-likeness (QED) is 0.192. The lowest BCUT2D eigenvalue weighted by Gasteiger charge is -2.21. The van der Waals surface area contributed by atoms with Gasteiger partial charge in [0.15, 0.2) is 34.5 Å². The molecule has 0 aliphatic rings. The Bertz CT molecular complexity index is 1130. The number of phenolic OH excluding ortho intramolecular Hbond substituents is 3. The smallest absolute Gasteiger partial charge is 0.504 e. The molecule has 0 heterocycles. The van der Waals surface area contributed by atoms with Gasteiger partial charge in [-0.15, -0.1) is 19.7 Å². The highest BCUT2D eigenvalue weighted by molar-refractivity contribution is 7.49. The van der Waals surface area contributed by atoms with Gasteiger partial charge in [-0.3, -0.25) is 0 Å². The summed E-state index contributed by atoms with van der Waals surface area (Å²) in [5.41, 5.74) is 2.27. The Balaban J connectivity index is 1.98. The lowest BCUT2D eigenvalue weighted by molar-refractivity contribution is 0.282. The molecule has 0 aliphatic heterocycles. The zero-order valence-electron chi connectivity index (χ0n) is 19.1. The van der Waals surface area contributed by atoms with Crippen LogP contribution in [0.5, 0.6) is 34.5 Å². The molecular weight excluding hydrogens is 467 g/mol. The van der Waals surface area contributed by atoms with E-state index in [9.17, 15) is 19.9 Å². The van der Waals surface area contributed by atoms with Crippen molar-refractivity contribution in [2.75, 3.05) is 0 Å². The van der Waals surface area contributed by atoms with E-state index >= 15 is 0 Å². The maximum absolute atomic E-state index is 13.8. The fourth-order valence-corrected chi connectivity index (χ4v) is 4.52. The molecule has 0 spiro atoms. The summed E-state index contributed by atoms with van der Waals surface area (Å²) in [7, 11) is -4.60. The zero-order valence-corrected chi connectivity index (χ0v) is 20.0. The molecule has 0 atom stereocenters. The molecule has 0 amide bonds. The van der Waals surface area contributed by atoms with E-state index in [4.69, 9.17) is 13.6 Å². The maximum Gasteiger partial charge on any atom is 0.647 e. The molecule has 182 valence electrons. The molecule has 0 fully saturated rings. The third kappa shape index (κ3) is 6.71. The van der Waals surface area contributed by atoms with E-state index in [0.717, 1.165) is 16.7 Å². The van der Waals surface area contributed by atoms with Crippen molar-refractivity contribution in [3.8, 4) is 34.5 Å². The molecule has 3 rings (SSSR count). The van der Waals surface area contributed by atoms with Crippen molar-refractivity contribution in [3.63, 3.8) is 0 Å². The first kappa shape index (κ1) is 25.5. The molecule has 0 aliphatic carbocycles. The second-order valence-corrected chi connectivity index (χ2v) is 9.05. The number of rotatable bonds is 12. The molecule has 0 saturated carbocycles. The van der Waals surface area contributed by atoms with Gasteiger partial charge in [0.25, 0.3) is 0 Å². The maximum atomic E-state index is 13.8. The lowest BCUT2D eigenvalue weighted by atomic mass is 10.1. The standard InChI is InChI=1S/C27H27O7P/c1-4-7-19-10-13-25(22(28)16-19)32-35(31,33-26-14-11-20(8-5-2)17-23(26)29)34-27-15-12-21(9-6-3)18-24(27)30/h4-6,10-18,28-30H,1-3,7-9H2. The predicted octanol–water partition coefficient (Wildman–Crippen LogP) is 6.63. The molecule has 0 saturated heterocycles. The van der Waals surface area contributed by atoms with Gasteiger partial charge in [0.05, 0.1) is 0 Å². The highest BCUT2D eigenvalue weighted by Crippen LogP contribution is 2.54. The first-order valence-corrected chi connectivity index (χ1v) is 12.2. The van der Waals surface area contributed by atoms with E-state index in [-0.39, 0.29) is 34.5 Å². The molecule has 0 radical (unpaired) electrons. The van der Waals surface area contributed by atoms with Crippen LogP contribution in [0.3, 0.4) is 0 Å². The molecular formula is C27H27O7P. The molecule has 3 aromatic carbocycles. The molecule has 7 nitrogen and oxygen atoms in total. The fourth-order valence-electron chi connectivity index (χ4n) is 3.22. The number of hydrogen-bond acceptors (Lipinski definition) is 7. The minimum Gasteiger partial charge on any atom is -0.504 e. The summed E-state index contributed by atoms with van der Waals surface area (Å²) in [6.45, 7) is 11.0. The summed E-state index contributed by atoms with van der Waals surface area (Å²) >= 11 is 0. The second kappa shape index (κ2) is 11.4. The molecule has 3 N–H and O–H groups in total. The number of benzene rings is 3. The second-order valence-electron chi connectivity index (χ2n) is 7.61. The highest BCUT2D eigenvalue weighted by atomic mass is 31.2. The van der Waals surface area contributed by atoms with Crippen molar-refractivity contribution in [3.05, 3.63) is 109 Å². The normalized spacial score (nSPS) is 10.9. The summed E-state index contributed by atoms with van der Waals surface area (Å²) in [4.78, 5) is 0. The monoisotopic (exact) mass is 494 g/mol. The van der Waals surface area contributed by atoms with Gasteiger partial charge in [-0.2, -0.15) is 4.57 Å². The van der Waals surface area contributed by atoms with Crippen molar-refractivity contribution < 1.29 is 33.5 Å². The average Bonchev–Trinajstić information content (AvgIpc) is 2.80. The molecule has 0 aromatic heterocycles. The number of aromatic hydroxyl groups is 3. The largest absolute Gasteiger partial charge is 0.647 e. The summed E-state index contributed by atoms with van der Waals surface area (Å²) < 4.78 is 30.3. The Morgan fingerprint density at radius 1 is 0.600 bits per heavy atom. The van der Waals surface area contributed by atoms with Crippen LogP contribution in [0.25, 0.3) is 0 Å². The van der Waals surface area contributed by atoms with E-state index in [2.05, 4.69) is 19.7 Å². The minimum atomic E-state index is -4.60. The summed E-state index contributed by atoms with van der Waals surface area (Å²) in [5, 5.41) is 31.2. The van der Waals surface area contributed by atoms with Crippen LogP contribution >= 0.6 is 7.82 Å². The number of phosphoric acid groups is 1. The van der Waals surface area contributed by atoms with Crippen LogP contribution in [0.15, 0.2) is 92.6 Å². The summed E-state index contributed by atoms with van der Waals surface area (Å²) in [6, 6.07) is 13.5. The van der Waals surface area contributed by atoms with Gasteiger partial charge in [-0.05, 0) is 72.4 Å². The van der Waals surface area contributed by atoms with E-state index < -0.39 is 7.82 Å². The minimum absolute atomic E-state index is 0.174. The van der Waals surface area contributed by atoms with E-state index in [1.165, 1.54) is 36.4 Å². The topological polar surface area (TPSA) is 105 Å². The molecule has 0 bridgehead atoms. The van der Waals surface area contributed by atoms with Gasteiger partial charge >= 0.3 is 7.82 Å². The Hall–Kier alpha value is -4.09. The zero-order chi connectivity index (χ0) is 25.4. The number of phenols is 3. The van der Waals surface area contributed by atoms with E-state index in [1.807, 2.05) is 0 Å². The van der Waals surface area contributed by atoms with Crippen LogP contribution < -0.4 is 13.6 Å². The Labute approximate surface area is 204 Å². The van der Waals surface area contributed by atoms with Gasteiger partial charge in [0, 0.05) is 0 Å². The molecule has 35 heavy (non-hydrogen) atoms. The van der Waals surface area contributed by atoms with Crippen LogP contribution in [0.2, 0.25) is 0 Å². The highest BCUT2D eigenvalue weighted by Gasteiger charge is 2.36. The van der Waals surface area contributed by atoms with Crippen LogP contribution in [0.1, 0.15) is 16.7 Å². The molecule has 3 aromatic rings. The Morgan fingerprint density at radius 3 is 1.11 bits per heavy atom. The van der Waals surface area contributed by atoms with Crippen molar-refractivity contribution >= 4 is 7.82 Å². The van der Waals surface area contributed by atoms with Crippen molar-refractivity contribution in [1.29, 1.82) is 0 Å². The fraction of sp³-hybridized carbons (Fsp3) is 0.111. The lowest BCUT2D eigenvalue weighted by Crippen LogP contribution is -2.08.